The highest BCUT2D eigenvalue weighted by molar-refractivity contribution is 5.87. The summed E-state index contributed by atoms with van der Waals surface area (Å²) in [6.07, 6.45) is 2.57. The van der Waals surface area contributed by atoms with E-state index in [9.17, 15) is 4.79 Å². The monoisotopic (exact) mass is 276 g/mol. The third kappa shape index (κ3) is 3.95. The van der Waals surface area contributed by atoms with Crippen LogP contribution in [0.3, 0.4) is 0 Å². The summed E-state index contributed by atoms with van der Waals surface area (Å²) in [6, 6.07) is 8.19. The SMILES string of the molecule is CC(NCC1CCCN1C)c1ccc(NC(N)=O)cc1. The second-order valence-corrected chi connectivity index (χ2v) is 5.52. The summed E-state index contributed by atoms with van der Waals surface area (Å²) in [5, 5.41) is 6.14. The number of carbonyl (C=O) groups excluding carboxylic acids is 1. The van der Waals surface area contributed by atoms with Gasteiger partial charge < -0.3 is 21.3 Å². The van der Waals surface area contributed by atoms with Crippen molar-refractivity contribution in [3.8, 4) is 0 Å². The highest BCUT2D eigenvalue weighted by Gasteiger charge is 2.20. The van der Waals surface area contributed by atoms with Crippen molar-refractivity contribution in [2.24, 2.45) is 5.73 Å². The zero-order valence-electron chi connectivity index (χ0n) is 12.2. The fraction of sp³-hybridized carbons (Fsp3) is 0.533. The minimum atomic E-state index is -0.534. The van der Waals surface area contributed by atoms with Crippen molar-refractivity contribution in [1.82, 2.24) is 10.2 Å². The predicted octanol–water partition coefficient (Wildman–Crippen LogP) is 1.92. The first-order chi connectivity index (χ1) is 9.56. The van der Waals surface area contributed by atoms with Gasteiger partial charge in [0.15, 0.2) is 0 Å². The minimum absolute atomic E-state index is 0.298. The molecule has 1 aromatic rings. The molecule has 1 heterocycles. The number of likely N-dealkylation sites (N-methyl/N-ethyl adjacent to an activating group) is 1. The molecule has 0 bridgehead atoms. The van der Waals surface area contributed by atoms with Crippen molar-refractivity contribution in [1.29, 1.82) is 0 Å². The number of nitrogens with one attached hydrogen (secondary N) is 2. The topological polar surface area (TPSA) is 70.4 Å². The largest absolute Gasteiger partial charge is 0.351 e. The lowest BCUT2D eigenvalue weighted by atomic mass is 10.1. The van der Waals surface area contributed by atoms with Crippen molar-refractivity contribution in [3.63, 3.8) is 0 Å². The molecule has 2 unspecified atom stereocenters. The Kier molecular flexibility index (Phi) is 4.98. The van der Waals surface area contributed by atoms with E-state index in [4.69, 9.17) is 5.73 Å². The van der Waals surface area contributed by atoms with Crippen molar-refractivity contribution >= 4 is 11.7 Å². The van der Waals surface area contributed by atoms with Crippen molar-refractivity contribution in [2.75, 3.05) is 25.5 Å². The Bertz CT molecular complexity index is 446. The van der Waals surface area contributed by atoms with Crippen LogP contribution < -0.4 is 16.4 Å². The zero-order chi connectivity index (χ0) is 14.5. The molecule has 20 heavy (non-hydrogen) atoms. The van der Waals surface area contributed by atoms with Gasteiger partial charge in [0.1, 0.15) is 0 Å². The second kappa shape index (κ2) is 6.72. The molecule has 5 nitrogen and oxygen atoms in total. The number of nitrogens with two attached hydrogens (primary N) is 1. The van der Waals surface area contributed by atoms with Crippen LogP contribution in [0.1, 0.15) is 31.4 Å². The van der Waals surface area contributed by atoms with Crippen LogP contribution in [0, 0.1) is 0 Å². The summed E-state index contributed by atoms with van der Waals surface area (Å²) in [6.45, 7) is 4.37. The molecular weight excluding hydrogens is 252 g/mol. The number of hydrogen-bond acceptors (Lipinski definition) is 3. The lowest BCUT2D eigenvalue weighted by Gasteiger charge is -2.23. The summed E-state index contributed by atoms with van der Waals surface area (Å²) in [7, 11) is 2.19. The number of nitrogens with zero attached hydrogens (tertiary/aromatic N) is 1. The van der Waals surface area contributed by atoms with E-state index >= 15 is 0 Å². The Morgan fingerprint density at radius 2 is 2.15 bits per heavy atom. The average molecular weight is 276 g/mol. The number of anilines is 1. The smallest absolute Gasteiger partial charge is 0.316 e. The highest BCUT2D eigenvalue weighted by Crippen LogP contribution is 2.18. The van der Waals surface area contributed by atoms with Crippen LogP contribution in [0.4, 0.5) is 10.5 Å². The number of urea groups is 1. The van der Waals surface area contributed by atoms with Gasteiger partial charge in [-0.15, -0.1) is 0 Å². The Morgan fingerprint density at radius 1 is 1.45 bits per heavy atom. The van der Waals surface area contributed by atoms with Gasteiger partial charge in [-0.1, -0.05) is 12.1 Å². The molecule has 2 atom stereocenters. The number of amides is 2. The van der Waals surface area contributed by atoms with Gasteiger partial charge in [0.05, 0.1) is 0 Å². The number of rotatable bonds is 5. The van der Waals surface area contributed by atoms with E-state index < -0.39 is 6.03 Å². The standard InChI is InChI=1S/C15H24N4O/c1-11(17-10-14-4-3-9-19(14)2)12-5-7-13(8-6-12)18-15(16)20/h5-8,11,14,17H,3-4,9-10H2,1-2H3,(H3,16,18,20). The molecule has 1 aliphatic heterocycles. The maximum Gasteiger partial charge on any atom is 0.316 e. The molecular formula is C15H24N4O. The van der Waals surface area contributed by atoms with Crippen LogP contribution >= 0.6 is 0 Å². The predicted molar refractivity (Wildman–Crippen MR) is 81.7 cm³/mol. The Morgan fingerprint density at radius 3 is 2.70 bits per heavy atom. The van der Waals surface area contributed by atoms with Gasteiger partial charge in [0, 0.05) is 24.3 Å². The van der Waals surface area contributed by atoms with Gasteiger partial charge in [-0.25, -0.2) is 4.79 Å². The van der Waals surface area contributed by atoms with Crippen LogP contribution in [0.15, 0.2) is 24.3 Å². The van der Waals surface area contributed by atoms with Gasteiger partial charge in [-0.3, -0.25) is 0 Å². The van der Waals surface area contributed by atoms with Crippen molar-refractivity contribution in [2.45, 2.75) is 31.8 Å². The normalized spacial score (nSPS) is 20.8. The van der Waals surface area contributed by atoms with Gasteiger partial charge >= 0.3 is 6.03 Å². The molecule has 5 heteroatoms. The summed E-state index contributed by atoms with van der Waals surface area (Å²) in [5.74, 6) is 0. The molecule has 110 valence electrons. The van der Waals surface area contributed by atoms with Crippen molar-refractivity contribution in [3.05, 3.63) is 29.8 Å². The van der Waals surface area contributed by atoms with Crippen molar-refractivity contribution < 1.29 is 4.79 Å². The van der Waals surface area contributed by atoms with Gasteiger partial charge in [-0.2, -0.15) is 0 Å². The summed E-state index contributed by atoms with van der Waals surface area (Å²) < 4.78 is 0. The van der Waals surface area contributed by atoms with E-state index in [1.807, 2.05) is 24.3 Å². The van der Waals surface area contributed by atoms with Gasteiger partial charge in [0.25, 0.3) is 0 Å². The molecule has 2 rings (SSSR count). The Hall–Kier alpha value is -1.59. The molecule has 1 aliphatic rings. The van der Waals surface area contributed by atoms with Crippen LogP contribution in [0.25, 0.3) is 0 Å². The summed E-state index contributed by atoms with van der Waals surface area (Å²) in [4.78, 5) is 13.2. The third-order valence-electron chi connectivity index (χ3n) is 4.01. The molecule has 1 aromatic carbocycles. The lowest BCUT2D eigenvalue weighted by molar-refractivity contribution is 0.259. The molecule has 1 saturated heterocycles. The maximum absolute atomic E-state index is 10.8. The van der Waals surface area contributed by atoms with E-state index in [2.05, 4.69) is 29.5 Å². The lowest BCUT2D eigenvalue weighted by Crippen LogP contribution is -2.36. The Labute approximate surface area is 120 Å². The summed E-state index contributed by atoms with van der Waals surface area (Å²) >= 11 is 0. The van der Waals surface area contributed by atoms with E-state index in [0.717, 1.165) is 12.2 Å². The first kappa shape index (κ1) is 14.8. The number of primary amides is 1. The fourth-order valence-corrected chi connectivity index (χ4v) is 2.67. The quantitative estimate of drug-likeness (QED) is 0.769. The molecule has 0 spiro atoms. The van der Waals surface area contributed by atoms with Crippen LogP contribution in [0.5, 0.6) is 0 Å². The average Bonchev–Trinajstić information content (AvgIpc) is 2.82. The highest BCUT2D eigenvalue weighted by atomic mass is 16.2. The molecule has 0 aliphatic carbocycles. The molecule has 0 saturated carbocycles. The molecule has 4 N–H and O–H groups in total. The van der Waals surface area contributed by atoms with E-state index in [1.54, 1.807) is 0 Å². The molecule has 0 radical (unpaired) electrons. The Balaban J connectivity index is 1.85. The number of carbonyl (C=O) groups is 1. The second-order valence-electron chi connectivity index (χ2n) is 5.52. The fourth-order valence-electron chi connectivity index (χ4n) is 2.67. The number of likely N-dealkylation sites (tertiary alicyclic amines) is 1. The van der Waals surface area contributed by atoms with E-state index in [0.29, 0.717) is 12.1 Å². The number of benzene rings is 1. The third-order valence-corrected chi connectivity index (χ3v) is 4.01. The first-order valence-electron chi connectivity index (χ1n) is 7.16. The maximum atomic E-state index is 10.8. The zero-order valence-corrected chi connectivity index (χ0v) is 12.2. The minimum Gasteiger partial charge on any atom is -0.351 e. The van der Waals surface area contributed by atoms with Gasteiger partial charge in [0.2, 0.25) is 0 Å². The van der Waals surface area contributed by atoms with Crippen LogP contribution in [-0.2, 0) is 0 Å². The van der Waals surface area contributed by atoms with Crippen LogP contribution in [-0.4, -0.2) is 37.1 Å². The van der Waals surface area contributed by atoms with Crippen LogP contribution in [0.2, 0.25) is 0 Å². The van der Waals surface area contributed by atoms with E-state index in [1.165, 1.54) is 24.9 Å². The number of hydrogen-bond donors (Lipinski definition) is 3. The first-order valence-corrected chi connectivity index (χ1v) is 7.16. The van der Waals surface area contributed by atoms with E-state index in [-0.39, 0.29) is 0 Å². The molecule has 1 fully saturated rings. The van der Waals surface area contributed by atoms with Gasteiger partial charge in [-0.05, 0) is 51.1 Å². The molecule has 0 aromatic heterocycles. The summed E-state index contributed by atoms with van der Waals surface area (Å²) in [5.41, 5.74) is 7.02. The molecule has 2 amide bonds.